The van der Waals surface area contributed by atoms with E-state index in [4.69, 9.17) is 0 Å². The fraction of sp³-hybridized carbons (Fsp3) is 0.308. The quantitative estimate of drug-likeness (QED) is 0.759. The first-order valence-electron chi connectivity index (χ1n) is 5.49. The van der Waals surface area contributed by atoms with Gasteiger partial charge in [-0.2, -0.15) is 0 Å². The Morgan fingerprint density at radius 2 is 2.12 bits per heavy atom. The molecule has 2 N–H and O–H groups in total. The second-order valence-corrected chi connectivity index (χ2v) is 4.29. The first-order chi connectivity index (χ1) is 8.06. The summed E-state index contributed by atoms with van der Waals surface area (Å²) in [4.78, 5) is 12.5. The Morgan fingerprint density at radius 3 is 2.76 bits per heavy atom. The minimum Gasteiger partial charge on any atom is -0.382 e. The average molecular weight is 232 g/mol. The molecular weight excluding hydrogens is 216 g/mol. The molecule has 4 heteroatoms. The summed E-state index contributed by atoms with van der Waals surface area (Å²) < 4.78 is 0. The highest BCUT2D eigenvalue weighted by molar-refractivity contribution is 5.66. The molecule has 1 aliphatic heterocycles. The van der Waals surface area contributed by atoms with Gasteiger partial charge in [-0.05, 0) is 19.9 Å². The predicted octanol–water partition coefficient (Wildman–Crippen LogP) is 1.46. The maximum atomic E-state index is 10.6. The number of fused-ring (bicyclic) bond motifs is 1. The minimum absolute atomic E-state index is 0.542. The van der Waals surface area contributed by atoms with Crippen LogP contribution in [0.1, 0.15) is 24.2 Å². The highest BCUT2D eigenvalue weighted by atomic mass is 16.3. The van der Waals surface area contributed by atoms with Crippen LogP contribution in [-0.4, -0.2) is 18.6 Å². The van der Waals surface area contributed by atoms with Crippen molar-refractivity contribution in [2.24, 2.45) is 0 Å². The lowest BCUT2D eigenvalue weighted by Crippen LogP contribution is -2.31. The molecule has 1 aromatic carbocycles. The molecular formula is C13H16N2O2. The summed E-state index contributed by atoms with van der Waals surface area (Å²) in [6.45, 7) is 3.85. The van der Waals surface area contributed by atoms with Gasteiger partial charge in [0.2, 0.25) is 6.41 Å². The second kappa shape index (κ2) is 4.22. The van der Waals surface area contributed by atoms with Crippen LogP contribution in [0.4, 0.5) is 5.69 Å². The number of carbonyl (C=O) groups excluding carboxylic acids is 1. The molecule has 0 spiro atoms. The van der Waals surface area contributed by atoms with Gasteiger partial charge in [-0.15, -0.1) is 0 Å². The molecule has 0 bridgehead atoms. The Hall–Kier alpha value is -1.81. The van der Waals surface area contributed by atoms with Gasteiger partial charge in [-0.25, -0.2) is 0 Å². The first kappa shape index (κ1) is 11.7. The number of aliphatic hydroxyl groups excluding tert-OH is 1. The van der Waals surface area contributed by atoms with Crippen LogP contribution >= 0.6 is 0 Å². The molecule has 0 saturated carbocycles. The number of rotatable bonds is 2. The smallest absolute Gasteiger partial charge is 0.211 e. The molecule has 1 heterocycles. The molecule has 4 nitrogen and oxygen atoms in total. The number of benzene rings is 1. The van der Waals surface area contributed by atoms with Crippen molar-refractivity contribution in [3.63, 3.8) is 0 Å². The van der Waals surface area contributed by atoms with Crippen molar-refractivity contribution in [3.8, 4) is 0 Å². The second-order valence-electron chi connectivity index (χ2n) is 4.29. The summed E-state index contributed by atoms with van der Waals surface area (Å²) in [7, 11) is 1.92. The van der Waals surface area contributed by atoms with E-state index in [0.717, 1.165) is 22.5 Å². The van der Waals surface area contributed by atoms with Crippen LogP contribution in [0.25, 0.3) is 0 Å². The van der Waals surface area contributed by atoms with E-state index in [1.807, 2.05) is 44.0 Å². The largest absolute Gasteiger partial charge is 0.382 e. The summed E-state index contributed by atoms with van der Waals surface area (Å²) in [5, 5.41) is 12.8. The highest BCUT2D eigenvalue weighted by Crippen LogP contribution is 2.37. The molecule has 1 aliphatic rings. The third kappa shape index (κ3) is 1.80. The van der Waals surface area contributed by atoms with Gasteiger partial charge in [-0.1, -0.05) is 17.7 Å². The van der Waals surface area contributed by atoms with Crippen LogP contribution in [0.15, 0.2) is 29.6 Å². The SMILES string of the molecule is CC1=C(NC=O)C(O)c2cc(C)ccc2N1C. The molecule has 1 unspecified atom stereocenters. The van der Waals surface area contributed by atoms with Crippen molar-refractivity contribution < 1.29 is 9.90 Å². The molecule has 2 rings (SSSR count). The summed E-state index contributed by atoms with van der Waals surface area (Å²) >= 11 is 0. The van der Waals surface area contributed by atoms with E-state index in [0.29, 0.717) is 12.1 Å². The van der Waals surface area contributed by atoms with Gasteiger partial charge >= 0.3 is 0 Å². The Kier molecular flexibility index (Phi) is 2.90. The molecule has 0 radical (unpaired) electrons. The van der Waals surface area contributed by atoms with Crippen LogP contribution in [-0.2, 0) is 4.79 Å². The summed E-state index contributed by atoms with van der Waals surface area (Å²) in [6, 6.07) is 5.93. The van der Waals surface area contributed by atoms with Gasteiger partial charge in [0, 0.05) is 24.0 Å². The van der Waals surface area contributed by atoms with Crippen LogP contribution < -0.4 is 10.2 Å². The van der Waals surface area contributed by atoms with Crippen LogP contribution in [0.3, 0.4) is 0 Å². The third-order valence-electron chi connectivity index (χ3n) is 3.22. The van der Waals surface area contributed by atoms with Crippen molar-refractivity contribution in [2.45, 2.75) is 20.0 Å². The van der Waals surface area contributed by atoms with E-state index in [2.05, 4.69) is 5.32 Å². The van der Waals surface area contributed by atoms with Gasteiger partial charge in [0.15, 0.2) is 0 Å². The van der Waals surface area contributed by atoms with Crippen molar-refractivity contribution in [3.05, 3.63) is 40.7 Å². The molecule has 1 amide bonds. The topological polar surface area (TPSA) is 52.6 Å². The number of aliphatic hydroxyl groups is 1. The lowest BCUT2D eigenvalue weighted by molar-refractivity contribution is -0.109. The van der Waals surface area contributed by atoms with Crippen LogP contribution in [0.2, 0.25) is 0 Å². The average Bonchev–Trinajstić information content (AvgIpc) is 2.32. The maximum Gasteiger partial charge on any atom is 0.211 e. The predicted molar refractivity (Wildman–Crippen MR) is 66.4 cm³/mol. The van der Waals surface area contributed by atoms with E-state index in [-0.39, 0.29) is 0 Å². The highest BCUT2D eigenvalue weighted by Gasteiger charge is 2.27. The van der Waals surface area contributed by atoms with Gasteiger partial charge < -0.3 is 15.3 Å². The Morgan fingerprint density at radius 1 is 1.41 bits per heavy atom. The van der Waals surface area contributed by atoms with E-state index in [9.17, 15) is 9.90 Å². The standard InChI is InChI=1S/C13H16N2O2/c1-8-4-5-11-10(6-8)13(17)12(14-7-16)9(2)15(11)3/h4-7,13,17H,1-3H3,(H,14,16). The van der Waals surface area contributed by atoms with Crippen molar-refractivity contribution in [1.82, 2.24) is 5.32 Å². The number of nitrogens with one attached hydrogen (secondary N) is 1. The normalized spacial score (nSPS) is 19.1. The van der Waals surface area contributed by atoms with Gasteiger partial charge in [0.1, 0.15) is 6.10 Å². The van der Waals surface area contributed by atoms with Gasteiger partial charge in [-0.3, -0.25) is 4.79 Å². The lowest BCUT2D eigenvalue weighted by Gasteiger charge is -2.33. The molecule has 1 atom stereocenters. The zero-order chi connectivity index (χ0) is 12.6. The number of allylic oxidation sites excluding steroid dienone is 1. The Balaban J connectivity index is 2.56. The zero-order valence-corrected chi connectivity index (χ0v) is 10.2. The zero-order valence-electron chi connectivity index (χ0n) is 10.2. The van der Waals surface area contributed by atoms with E-state index >= 15 is 0 Å². The third-order valence-corrected chi connectivity index (χ3v) is 3.22. The maximum absolute atomic E-state index is 10.6. The van der Waals surface area contributed by atoms with E-state index in [1.54, 1.807) is 0 Å². The molecule has 1 aromatic rings. The number of aryl methyl sites for hydroxylation is 1. The number of anilines is 1. The molecule has 17 heavy (non-hydrogen) atoms. The van der Waals surface area contributed by atoms with Crippen molar-refractivity contribution in [2.75, 3.05) is 11.9 Å². The molecule has 0 aliphatic carbocycles. The summed E-state index contributed by atoms with van der Waals surface area (Å²) in [5.41, 5.74) is 4.27. The molecule has 0 fully saturated rings. The van der Waals surface area contributed by atoms with Crippen molar-refractivity contribution >= 4 is 12.1 Å². The summed E-state index contributed by atoms with van der Waals surface area (Å²) in [5.74, 6) is 0. The lowest BCUT2D eigenvalue weighted by atomic mass is 9.96. The van der Waals surface area contributed by atoms with Gasteiger partial charge in [0.25, 0.3) is 0 Å². The number of carbonyl (C=O) groups is 1. The minimum atomic E-state index is -0.772. The van der Waals surface area contributed by atoms with Crippen LogP contribution in [0.5, 0.6) is 0 Å². The van der Waals surface area contributed by atoms with E-state index in [1.165, 1.54) is 0 Å². The molecule has 0 saturated heterocycles. The van der Waals surface area contributed by atoms with Crippen molar-refractivity contribution in [1.29, 1.82) is 0 Å². The summed E-state index contributed by atoms with van der Waals surface area (Å²) in [6.07, 6.45) is -0.178. The Labute approximate surface area is 101 Å². The van der Waals surface area contributed by atoms with E-state index < -0.39 is 6.10 Å². The fourth-order valence-electron chi connectivity index (χ4n) is 2.16. The molecule has 90 valence electrons. The fourth-order valence-corrected chi connectivity index (χ4v) is 2.16. The number of hydrogen-bond donors (Lipinski definition) is 2. The Bertz CT molecular complexity index is 494. The number of amides is 1. The van der Waals surface area contributed by atoms with Gasteiger partial charge in [0.05, 0.1) is 5.70 Å². The number of nitrogens with zero attached hydrogens (tertiary/aromatic N) is 1. The first-order valence-corrected chi connectivity index (χ1v) is 5.49. The molecule has 0 aromatic heterocycles. The number of hydrogen-bond acceptors (Lipinski definition) is 3. The van der Waals surface area contributed by atoms with Crippen LogP contribution in [0, 0.1) is 6.92 Å². The monoisotopic (exact) mass is 232 g/mol.